The number of rotatable bonds is 11. The third kappa shape index (κ3) is 10.2. The lowest BCUT2D eigenvalue weighted by Gasteiger charge is -2.29. The third-order valence-electron chi connectivity index (χ3n) is 8.90. The van der Waals surface area contributed by atoms with Gasteiger partial charge in [0.15, 0.2) is 0 Å². The van der Waals surface area contributed by atoms with Crippen LogP contribution in [0, 0.1) is 18.8 Å². The number of nitrogens with zero attached hydrogens (tertiary/aromatic N) is 3. The molecule has 1 aromatic heterocycles. The minimum Gasteiger partial charge on any atom is -0.465 e. The lowest BCUT2D eigenvalue weighted by Crippen LogP contribution is -2.48. The van der Waals surface area contributed by atoms with Gasteiger partial charge in [0.25, 0.3) is 0 Å². The molecule has 5 rings (SSSR count). The Morgan fingerprint density at radius 2 is 1.61 bits per heavy atom. The summed E-state index contributed by atoms with van der Waals surface area (Å²) < 4.78 is 10.2. The Kier molecular flexibility index (Phi) is 11.8. The van der Waals surface area contributed by atoms with Gasteiger partial charge in [-0.05, 0) is 123 Å². The molecule has 1 aliphatic carbocycles. The van der Waals surface area contributed by atoms with Gasteiger partial charge in [0, 0.05) is 30.1 Å². The molecule has 0 aliphatic heterocycles. The number of anilines is 1. The van der Waals surface area contributed by atoms with Crippen LogP contribution in [-0.4, -0.2) is 69.8 Å². The van der Waals surface area contributed by atoms with Crippen molar-refractivity contribution in [2.24, 2.45) is 11.8 Å². The van der Waals surface area contributed by atoms with Crippen LogP contribution in [0.15, 0.2) is 66.7 Å². The zero-order valence-electron chi connectivity index (χ0n) is 29.6. The van der Waals surface area contributed by atoms with Crippen LogP contribution >= 0.6 is 0 Å². The molecule has 0 spiro atoms. The number of H-pyrrole nitrogens is 1. The molecule has 1 saturated carbocycles. The highest BCUT2D eigenvalue weighted by molar-refractivity contribution is 5.98. The molecule has 0 radical (unpaired) electrons. The topological polar surface area (TPSA) is 177 Å². The van der Waals surface area contributed by atoms with Gasteiger partial charge in [0.2, 0.25) is 17.6 Å². The first-order chi connectivity index (χ1) is 24.4. The fourth-order valence-electron chi connectivity index (χ4n) is 6.12. The minimum absolute atomic E-state index is 0.173. The number of alkyl carbamates (subject to hydrolysis) is 1. The first-order valence-electron chi connectivity index (χ1n) is 17.1. The first kappa shape index (κ1) is 36.7. The number of esters is 1. The Labute approximate surface area is 297 Å². The number of aromatic amines is 1. The Hall–Kier alpha value is -5.59. The molecule has 0 unspecified atom stereocenters. The molecule has 0 bridgehead atoms. The van der Waals surface area contributed by atoms with Crippen molar-refractivity contribution in [3.63, 3.8) is 0 Å². The fourth-order valence-corrected chi connectivity index (χ4v) is 6.12. The number of ether oxygens (including phenoxy) is 2. The Balaban J connectivity index is 1.26. The number of methoxy groups -OCH3 is 1. The number of carbonyl (C=O) groups excluding carboxylic acids is 4. The second-order valence-corrected chi connectivity index (χ2v) is 13.9. The van der Waals surface area contributed by atoms with Gasteiger partial charge in [-0.3, -0.25) is 9.59 Å². The average molecular weight is 696 g/mol. The second kappa shape index (κ2) is 16.4. The lowest BCUT2D eigenvalue weighted by atomic mass is 9.81. The maximum absolute atomic E-state index is 13.8. The highest BCUT2D eigenvalue weighted by Gasteiger charge is 2.30. The van der Waals surface area contributed by atoms with Crippen LogP contribution in [0.5, 0.6) is 0 Å². The monoisotopic (exact) mass is 695 g/mol. The summed E-state index contributed by atoms with van der Waals surface area (Å²) in [6.07, 6.45) is 2.66. The van der Waals surface area contributed by atoms with E-state index in [1.807, 2.05) is 58.0 Å². The summed E-state index contributed by atoms with van der Waals surface area (Å²) in [6.45, 7) is 7.92. The van der Waals surface area contributed by atoms with Crippen molar-refractivity contribution < 1.29 is 28.7 Å². The Morgan fingerprint density at radius 1 is 0.922 bits per heavy atom. The summed E-state index contributed by atoms with van der Waals surface area (Å²) in [7, 11) is 1.35. The Morgan fingerprint density at radius 3 is 2.24 bits per heavy atom. The van der Waals surface area contributed by atoms with Crippen molar-refractivity contribution in [2.45, 2.75) is 71.4 Å². The number of benzene rings is 3. The van der Waals surface area contributed by atoms with Crippen LogP contribution in [-0.2, 0) is 25.5 Å². The smallest absolute Gasteiger partial charge is 0.407 e. The van der Waals surface area contributed by atoms with E-state index in [1.165, 1.54) is 7.11 Å². The summed E-state index contributed by atoms with van der Waals surface area (Å²) in [5.74, 6) is -0.507. The van der Waals surface area contributed by atoms with Crippen molar-refractivity contribution in [2.75, 3.05) is 19.0 Å². The normalized spacial score (nSPS) is 16.4. The molecule has 1 fully saturated rings. The van der Waals surface area contributed by atoms with Crippen molar-refractivity contribution in [1.29, 1.82) is 0 Å². The largest absolute Gasteiger partial charge is 0.465 e. The molecular weight excluding hydrogens is 650 g/mol. The number of tetrazole rings is 1. The summed E-state index contributed by atoms with van der Waals surface area (Å²) in [5.41, 5.74) is 4.84. The van der Waals surface area contributed by atoms with Gasteiger partial charge in [-0.1, -0.05) is 30.3 Å². The van der Waals surface area contributed by atoms with Gasteiger partial charge in [-0.2, -0.15) is 5.21 Å². The molecule has 1 atom stereocenters. The van der Waals surface area contributed by atoms with Crippen LogP contribution < -0.4 is 16.0 Å². The maximum atomic E-state index is 13.8. The number of carbonyl (C=O) groups is 4. The summed E-state index contributed by atoms with van der Waals surface area (Å²) in [5, 5.41) is 22.8. The molecule has 1 heterocycles. The molecule has 0 saturated heterocycles. The number of aryl methyl sites for hydroxylation is 1. The molecule has 268 valence electrons. The van der Waals surface area contributed by atoms with Crippen LogP contribution in [0.3, 0.4) is 0 Å². The molecule has 13 nitrogen and oxygen atoms in total. The van der Waals surface area contributed by atoms with Crippen LogP contribution in [0.25, 0.3) is 22.5 Å². The van der Waals surface area contributed by atoms with Crippen molar-refractivity contribution in [3.8, 4) is 22.5 Å². The average Bonchev–Trinajstić information content (AvgIpc) is 3.66. The molecule has 3 aromatic carbocycles. The predicted molar refractivity (Wildman–Crippen MR) is 192 cm³/mol. The van der Waals surface area contributed by atoms with E-state index in [0.717, 1.165) is 40.7 Å². The standard InChI is InChI=1S/C38H45N7O6/c1-23-6-11-29(36(48)50-5)21-31(23)26-12-7-24(8-13-26)20-32(35(47)40-30-18-16-27(17-19-30)33-42-44-45-43-33)41-34(46)28-14-9-25(10-15-28)22-39-37(49)51-38(2,3)4/h6-8,11-13,16-19,21,25,28,32H,9-10,14-15,20,22H2,1-5H3,(H,39,49)(H,40,47)(H,41,46)(H,42,43,44,45)/t25-,28-,32-/m0/s1. The van der Waals surface area contributed by atoms with E-state index in [1.54, 1.807) is 36.4 Å². The van der Waals surface area contributed by atoms with Gasteiger partial charge >= 0.3 is 12.1 Å². The van der Waals surface area contributed by atoms with Crippen molar-refractivity contribution in [3.05, 3.63) is 83.4 Å². The Bertz CT molecular complexity index is 1810. The van der Waals surface area contributed by atoms with Gasteiger partial charge in [-0.25, -0.2) is 9.59 Å². The quantitative estimate of drug-likeness (QED) is 0.145. The van der Waals surface area contributed by atoms with Gasteiger partial charge in [-0.15, -0.1) is 10.2 Å². The van der Waals surface area contributed by atoms with E-state index in [0.29, 0.717) is 36.5 Å². The lowest BCUT2D eigenvalue weighted by molar-refractivity contribution is -0.130. The molecule has 13 heteroatoms. The van der Waals surface area contributed by atoms with E-state index >= 15 is 0 Å². The predicted octanol–water partition coefficient (Wildman–Crippen LogP) is 5.63. The minimum atomic E-state index is -0.851. The van der Waals surface area contributed by atoms with Crippen molar-refractivity contribution in [1.82, 2.24) is 31.3 Å². The summed E-state index contributed by atoms with van der Waals surface area (Å²) >= 11 is 0. The van der Waals surface area contributed by atoms with Crippen LogP contribution in [0.1, 0.15) is 67.9 Å². The number of aromatic nitrogens is 4. The van der Waals surface area contributed by atoms with Crippen molar-refractivity contribution >= 4 is 29.6 Å². The van der Waals surface area contributed by atoms with E-state index in [4.69, 9.17) is 9.47 Å². The number of hydrogen-bond acceptors (Lipinski definition) is 9. The SMILES string of the molecule is COC(=O)c1ccc(C)c(-c2ccc(C[C@H](NC(=O)[C@H]3CC[C@H](CNC(=O)OC(C)(C)C)CC3)C(=O)Nc3ccc(-c4nn[nH]n4)cc3)cc2)c1. The van der Waals surface area contributed by atoms with Gasteiger partial charge in [0.1, 0.15) is 11.6 Å². The van der Waals surface area contributed by atoms with Crippen LogP contribution in [0.4, 0.5) is 10.5 Å². The molecule has 51 heavy (non-hydrogen) atoms. The zero-order chi connectivity index (χ0) is 36.5. The van der Waals surface area contributed by atoms with E-state index in [-0.39, 0.29) is 30.1 Å². The third-order valence-corrected chi connectivity index (χ3v) is 8.90. The number of hydrogen-bond donors (Lipinski definition) is 4. The van der Waals surface area contributed by atoms with E-state index < -0.39 is 23.7 Å². The fraction of sp³-hybridized carbons (Fsp3) is 0.395. The number of nitrogens with one attached hydrogen (secondary N) is 4. The molecule has 4 aromatic rings. The second-order valence-electron chi connectivity index (χ2n) is 13.9. The first-order valence-corrected chi connectivity index (χ1v) is 17.1. The highest BCUT2D eigenvalue weighted by atomic mass is 16.6. The zero-order valence-corrected chi connectivity index (χ0v) is 29.6. The molecule has 3 amide bonds. The number of amides is 3. The van der Waals surface area contributed by atoms with Crippen LogP contribution in [0.2, 0.25) is 0 Å². The van der Waals surface area contributed by atoms with E-state index in [2.05, 4.69) is 36.6 Å². The maximum Gasteiger partial charge on any atom is 0.407 e. The highest BCUT2D eigenvalue weighted by Crippen LogP contribution is 2.30. The molecule has 1 aliphatic rings. The van der Waals surface area contributed by atoms with E-state index in [9.17, 15) is 19.2 Å². The van der Waals surface area contributed by atoms with Gasteiger partial charge < -0.3 is 25.4 Å². The molecule has 4 N–H and O–H groups in total. The van der Waals surface area contributed by atoms with Gasteiger partial charge in [0.05, 0.1) is 12.7 Å². The molecular formula is C38H45N7O6. The summed E-state index contributed by atoms with van der Waals surface area (Å²) in [6, 6.07) is 19.3. The summed E-state index contributed by atoms with van der Waals surface area (Å²) in [4.78, 5) is 51.6.